The maximum atomic E-state index is 10.5. The fourth-order valence-corrected chi connectivity index (χ4v) is 3.35. The number of nitrogens with zero attached hydrogens (tertiary/aromatic N) is 1. The van der Waals surface area contributed by atoms with Crippen molar-refractivity contribution in [2.24, 2.45) is 23.7 Å². The summed E-state index contributed by atoms with van der Waals surface area (Å²) in [5, 5.41) is 10.5. The average Bonchev–Trinajstić information content (AvgIpc) is 2.38. The van der Waals surface area contributed by atoms with E-state index in [1.54, 1.807) is 0 Å². The van der Waals surface area contributed by atoms with Gasteiger partial charge in [0.1, 0.15) is 0 Å². The molecule has 0 aromatic heterocycles. The second-order valence-corrected chi connectivity index (χ2v) is 3.91. The van der Waals surface area contributed by atoms with Crippen LogP contribution in [0.4, 0.5) is 0 Å². The number of hydrogen-bond acceptors (Lipinski definition) is 2. The third-order valence-corrected chi connectivity index (χ3v) is 3.67. The summed E-state index contributed by atoms with van der Waals surface area (Å²) in [5.41, 5.74) is 0. The predicted octanol–water partition coefficient (Wildman–Crippen LogP) is 0.917. The minimum Gasteiger partial charge on any atom is -0.264 e. The lowest BCUT2D eigenvalue weighted by molar-refractivity contribution is -0.530. The maximum absolute atomic E-state index is 10.5. The Kier molecular flexibility index (Phi) is 0.624. The zero-order valence-corrected chi connectivity index (χ0v) is 5.56. The summed E-state index contributed by atoms with van der Waals surface area (Å²) < 4.78 is 0. The van der Waals surface area contributed by atoms with Crippen LogP contribution in [-0.2, 0) is 0 Å². The molecule has 3 atom stereocenters. The average molecular weight is 139 g/mol. The summed E-state index contributed by atoms with van der Waals surface area (Å²) in [5.74, 6) is 2.54. The van der Waals surface area contributed by atoms with E-state index in [4.69, 9.17) is 0 Å². The molecule has 0 saturated heterocycles. The Morgan fingerprint density at radius 1 is 1.30 bits per heavy atom. The quantitative estimate of drug-likeness (QED) is 0.400. The van der Waals surface area contributed by atoms with E-state index in [0.717, 1.165) is 11.8 Å². The van der Waals surface area contributed by atoms with Crippen LogP contribution in [0.5, 0.6) is 0 Å². The minimum absolute atomic E-state index is 0.0394. The van der Waals surface area contributed by atoms with Gasteiger partial charge in [0.25, 0.3) is 0 Å². The molecule has 4 fully saturated rings. The Morgan fingerprint density at radius 3 is 2.10 bits per heavy atom. The van der Waals surface area contributed by atoms with Gasteiger partial charge in [0.05, 0.1) is 0 Å². The Labute approximate surface area is 58.6 Å². The highest BCUT2D eigenvalue weighted by molar-refractivity contribution is 5.16. The van der Waals surface area contributed by atoms with Crippen LogP contribution in [-0.4, -0.2) is 11.0 Å². The summed E-state index contributed by atoms with van der Waals surface area (Å²) in [7, 11) is 0. The molecule has 0 amide bonds. The molecule has 0 heterocycles. The van der Waals surface area contributed by atoms with E-state index in [2.05, 4.69) is 0 Å². The van der Waals surface area contributed by atoms with Crippen LogP contribution in [0, 0.1) is 33.8 Å². The van der Waals surface area contributed by atoms with E-state index in [0.29, 0.717) is 11.8 Å². The van der Waals surface area contributed by atoms with Crippen molar-refractivity contribution in [2.75, 3.05) is 0 Å². The summed E-state index contributed by atoms with van der Waals surface area (Å²) in [6.07, 6.45) is 2.34. The molecule has 0 N–H and O–H groups in total. The van der Waals surface area contributed by atoms with Crippen molar-refractivity contribution in [3.05, 3.63) is 10.1 Å². The second kappa shape index (κ2) is 1.22. The highest BCUT2D eigenvalue weighted by atomic mass is 16.6. The monoisotopic (exact) mass is 139 g/mol. The highest BCUT2D eigenvalue weighted by Crippen LogP contribution is 2.70. The summed E-state index contributed by atoms with van der Waals surface area (Å²) in [6.45, 7) is 0. The van der Waals surface area contributed by atoms with Crippen LogP contribution in [0.2, 0.25) is 0 Å². The first kappa shape index (κ1) is 5.10. The van der Waals surface area contributed by atoms with Gasteiger partial charge in [-0.25, -0.2) is 0 Å². The molecule has 10 heavy (non-hydrogen) atoms. The first-order valence-corrected chi connectivity index (χ1v) is 3.92. The van der Waals surface area contributed by atoms with Crippen LogP contribution >= 0.6 is 0 Å². The van der Waals surface area contributed by atoms with E-state index in [9.17, 15) is 10.1 Å². The van der Waals surface area contributed by atoms with Gasteiger partial charge >= 0.3 is 0 Å². The molecule has 3 unspecified atom stereocenters. The van der Waals surface area contributed by atoms with E-state index in [1.165, 1.54) is 12.8 Å². The zero-order valence-electron chi connectivity index (χ0n) is 5.56. The SMILES string of the molecule is O=[N+]([O-])C1C2CC3C(C2)C31. The molecule has 4 aliphatic rings. The predicted molar refractivity (Wildman–Crippen MR) is 34.0 cm³/mol. The molecule has 3 nitrogen and oxygen atoms in total. The lowest BCUT2D eigenvalue weighted by Gasteiger charge is -2.03. The fraction of sp³-hybridized carbons (Fsp3) is 1.00. The van der Waals surface area contributed by atoms with Crippen molar-refractivity contribution in [3.8, 4) is 0 Å². The van der Waals surface area contributed by atoms with Gasteiger partial charge in [-0.3, -0.25) is 10.1 Å². The Hall–Kier alpha value is -0.600. The van der Waals surface area contributed by atoms with Gasteiger partial charge in [-0.05, 0) is 24.7 Å². The summed E-state index contributed by atoms with van der Waals surface area (Å²) in [4.78, 5) is 10.4. The van der Waals surface area contributed by atoms with Crippen LogP contribution in [0.3, 0.4) is 0 Å². The van der Waals surface area contributed by atoms with E-state index in [1.807, 2.05) is 0 Å². The van der Waals surface area contributed by atoms with Gasteiger partial charge in [-0.15, -0.1) is 0 Å². The molecule has 0 radical (unpaired) electrons. The molecule has 4 saturated carbocycles. The van der Waals surface area contributed by atoms with Crippen molar-refractivity contribution < 1.29 is 4.92 Å². The van der Waals surface area contributed by atoms with Crippen LogP contribution in [0.25, 0.3) is 0 Å². The van der Waals surface area contributed by atoms with Gasteiger partial charge in [0.15, 0.2) is 0 Å². The molecule has 4 rings (SSSR count). The fourth-order valence-electron chi connectivity index (χ4n) is 3.35. The number of hydrogen-bond donors (Lipinski definition) is 0. The molecule has 54 valence electrons. The Morgan fingerprint density at radius 2 is 1.90 bits per heavy atom. The van der Waals surface area contributed by atoms with Crippen LogP contribution < -0.4 is 0 Å². The van der Waals surface area contributed by atoms with Crippen molar-refractivity contribution in [1.82, 2.24) is 0 Å². The molecule has 0 aliphatic heterocycles. The van der Waals surface area contributed by atoms with Crippen molar-refractivity contribution in [1.29, 1.82) is 0 Å². The third kappa shape index (κ3) is 0.351. The molecule has 0 aromatic rings. The van der Waals surface area contributed by atoms with Gasteiger partial charge in [0, 0.05) is 16.8 Å². The topological polar surface area (TPSA) is 43.1 Å². The molecule has 0 aromatic carbocycles. The molecular formula is C7H9NO2. The minimum atomic E-state index is -0.130. The van der Waals surface area contributed by atoms with Crippen LogP contribution in [0.15, 0.2) is 0 Å². The number of nitro groups is 1. The second-order valence-electron chi connectivity index (χ2n) is 3.91. The van der Waals surface area contributed by atoms with Crippen molar-refractivity contribution >= 4 is 0 Å². The van der Waals surface area contributed by atoms with E-state index < -0.39 is 0 Å². The Bertz CT molecular complexity index is 202. The smallest absolute Gasteiger partial charge is 0.219 e. The number of rotatable bonds is 1. The molecule has 4 bridgehead atoms. The summed E-state index contributed by atoms with van der Waals surface area (Å²) >= 11 is 0. The van der Waals surface area contributed by atoms with Gasteiger partial charge in [-0.1, -0.05) is 0 Å². The van der Waals surface area contributed by atoms with E-state index in [-0.39, 0.29) is 11.0 Å². The third-order valence-electron chi connectivity index (χ3n) is 3.67. The lowest BCUT2D eigenvalue weighted by atomic mass is 10.1. The zero-order chi connectivity index (χ0) is 6.88. The molecule has 4 aliphatic carbocycles. The van der Waals surface area contributed by atoms with Crippen molar-refractivity contribution in [3.63, 3.8) is 0 Å². The van der Waals surface area contributed by atoms with Gasteiger partial charge in [0.2, 0.25) is 6.04 Å². The first-order valence-electron chi connectivity index (χ1n) is 3.92. The summed E-state index contributed by atoms with van der Waals surface area (Å²) in [6, 6.07) is -0.130. The van der Waals surface area contributed by atoms with Crippen molar-refractivity contribution in [2.45, 2.75) is 18.9 Å². The molecular weight excluding hydrogens is 130 g/mol. The largest absolute Gasteiger partial charge is 0.264 e. The normalized spacial score (nSPS) is 61.0. The van der Waals surface area contributed by atoms with Gasteiger partial charge in [-0.2, -0.15) is 0 Å². The van der Waals surface area contributed by atoms with E-state index >= 15 is 0 Å². The van der Waals surface area contributed by atoms with Crippen LogP contribution in [0.1, 0.15) is 12.8 Å². The first-order chi connectivity index (χ1) is 4.79. The Balaban J connectivity index is 1.97. The van der Waals surface area contributed by atoms with Gasteiger partial charge < -0.3 is 0 Å². The molecule has 0 spiro atoms. The maximum Gasteiger partial charge on any atom is 0.219 e. The highest BCUT2D eigenvalue weighted by Gasteiger charge is 2.73. The molecule has 3 heteroatoms. The lowest BCUT2D eigenvalue weighted by Crippen LogP contribution is -2.22. The standard InChI is InChI=1S/C7H9NO2/c9-8(10)7-3-1-4-5(2-3)6(4)7/h3-7H,1-2H2.